The molecule has 1 aromatic heterocycles. The first-order valence-electron chi connectivity index (χ1n) is 5.85. The fraction of sp³-hybridized carbons (Fsp3) is 0.214. The molecule has 0 aliphatic heterocycles. The van der Waals surface area contributed by atoms with Gasteiger partial charge in [0.2, 0.25) is 0 Å². The molecule has 5 heteroatoms. The molecule has 2 rings (SSSR count). The van der Waals surface area contributed by atoms with Gasteiger partial charge in [-0.15, -0.1) is 11.8 Å². The molecule has 1 aromatic carbocycles. The average molecular weight is 273 g/mol. The fourth-order valence-corrected chi connectivity index (χ4v) is 2.09. The van der Waals surface area contributed by atoms with E-state index in [1.54, 1.807) is 29.9 Å². The summed E-state index contributed by atoms with van der Waals surface area (Å²) in [6.45, 7) is 0.560. The zero-order chi connectivity index (χ0) is 13.7. The van der Waals surface area contributed by atoms with Crippen LogP contribution in [0.3, 0.4) is 0 Å². The highest BCUT2D eigenvalue weighted by Crippen LogP contribution is 2.15. The van der Waals surface area contributed by atoms with Crippen molar-refractivity contribution in [3.63, 3.8) is 0 Å². The van der Waals surface area contributed by atoms with E-state index in [9.17, 15) is 4.79 Å². The molecular weight excluding hydrogens is 258 g/mol. The standard InChI is InChI=1S/C14H15N3OS/c1-17(14(18)13-9-15-7-8-16-13)10-11-3-5-12(19-2)6-4-11/h3-9H,10H2,1-2H3. The molecule has 19 heavy (non-hydrogen) atoms. The molecule has 0 fully saturated rings. The SMILES string of the molecule is CSc1ccc(CN(C)C(=O)c2cnccn2)cc1. The number of carbonyl (C=O) groups excluding carboxylic acids is 1. The number of benzene rings is 1. The summed E-state index contributed by atoms with van der Waals surface area (Å²) in [5.41, 5.74) is 1.46. The lowest BCUT2D eigenvalue weighted by atomic mass is 10.2. The molecule has 2 aromatic rings. The Bertz CT molecular complexity index is 542. The highest BCUT2D eigenvalue weighted by molar-refractivity contribution is 7.98. The first-order chi connectivity index (χ1) is 9.20. The van der Waals surface area contributed by atoms with Gasteiger partial charge < -0.3 is 4.90 Å². The summed E-state index contributed by atoms with van der Waals surface area (Å²) in [6.07, 6.45) is 6.60. The van der Waals surface area contributed by atoms with E-state index in [-0.39, 0.29) is 5.91 Å². The monoisotopic (exact) mass is 273 g/mol. The molecule has 4 nitrogen and oxygen atoms in total. The predicted octanol–water partition coefficient (Wildman–Crippen LogP) is 2.47. The second kappa shape index (κ2) is 6.33. The zero-order valence-electron chi connectivity index (χ0n) is 10.9. The average Bonchev–Trinajstić information content (AvgIpc) is 2.48. The third kappa shape index (κ3) is 3.54. The van der Waals surface area contributed by atoms with Crippen LogP contribution in [0.25, 0.3) is 0 Å². The van der Waals surface area contributed by atoms with E-state index in [4.69, 9.17) is 0 Å². The lowest BCUT2D eigenvalue weighted by Crippen LogP contribution is -2.27. The topological polar surface area (TPSA) is 46.1 Å². The Kier molecular flexibility index (Phi) is 4.52. The van der Waals surface area contributed by atoms with Gasteiger partial charge in [0, 0.05) is 30.9 Å². The van der Waals surface area contributed by atoms with Crippen LogP contribution in [0.15, 0.2) is 47.8 Å². The Morgan fingerprint density at radius 2 is 2.00 bits per heavy atom. The Balaban J connectivity index is 2.04. The van der Waals surface area contributed by atoms with Gasteiger partial charge in [-0.1, -0.05) is 12.1 Å². The molecule has 0 unspecified atom stereocenters. The van der Waals surface area contributed by atoms with Crippen molar-refractivity contribution in [3.05, 3.63) is 54.1 Å². The number of nitrogens with zero attached hydrogens (tertiary/aromatic N) is 3. The highest BCUT2D eigenvalue weighted by atomic mass is 32.2. The van der Waals surface area contributed by atoms with Crippen molar-refractivity contribution in [1.29, 1.82) is 0 Å². The van der Waals surface area contributed by atoms with Gasteiger partial charge in [0.1, 0.15) is 5.69 Å². The van der Waals surface area contributed by atoms with Crippen molar-refractivity contribution in [2.75, 3.05) is 13.3 Å². The Morgan fingerprint density at radius 3 is 2.58 bits per heavy atom. The molecule has 0 bridgehead atoms. The van der Waals surface area contributed by atoms with Crippen molar-refractivity contribution in [2.45, 2.75) is 11.4 Å². The molecule has 0 radical (unpaired) electrons. The maximum Gasteiger partial charge on any atom is 0.274 e. The molecule has 1 heterocycles. The number of thioether (sulfide) groups is 1. The molecular formula is C14H15N3OS. The van der Waals surface area contributed by atoms with Gasteiger partial charge in [-0.05, 0) is 24.0 Å². The second-order valence-corrected chi connectivity index (χ2v) is 4.98. The van der Waals surface area contributed by atoms with Crippen LogP contribution in [0.2, 0.25) is 0 Å². The first-order valence-corrected chi connectivity index (χ1v) is 7.07. The second-order valence-electron chi connectivity index (χ2n) is 4.10. The largest absolute Gasteiger partial charge is 0.336 e. The molecule has 0 atom stereocenters. The summed E-state index contributed by atoms with van der Waals surface area (Å²) in [5.74, 6) is -0.123. The van der Waals surface area contributed by atoms with Gasteiger partial charge in [-0.2, -0.15) is 0 Å². The van der Waals surface area contributed by atoms with Crippen molar-refractivity contribution in [1.82, 2.24) is 14.9 Å². The maximum absolute atomic E-state index is 12.1. The van der Waals surface area contributed by atoms with Gasteiger partial charge in [0.25, 0.3) is 5.91 Å². The Labute approximate surface area is 116 Å². The van der Waals surface area contributed by atoms with Gasteiger partial charge in [0.15, 0.2) is 0 Å². The molecule has 0 saturated heterocycles. The van der Waals surface area contributed by atoms with E-state index < -0.39 is 0 Å². The normalized spacial score (nSPS) is 10.2. The first kappa shape index (κ1) is 13.5. The van der Waals surface area contributed by atoms with Gasteiger partial charge >= 0.3 is 0 Å². The molecule has 1 amide bonds. The third-order valence-corrected chi connectivity index (χ3v) is 3.45. The quantitative estimate of drug-likeness (QED) is 0.803. The van der Waals surface area contributed by atoms with E-state index >= 15 is 0 Å². The van der Waals surface area contributed by atoms with Gasteiger partial charge in [-0.25, -0.2) is 4.98 Å². The van der Waals surface area contributed by atoms with Crippen LogP contribution in [0.5, 0.6) is 0 Å². The molecule has 0 spiro atoms. The van der Waals surface area contributed by atoms with Crippen LogP contribution < -0.4 is 0 Å². The third-order valence-electron chi connectivity index (χ3n) is 2.71. The summed E-state index contributed by atoms with van der Waals surface area (Å²) in [7, 11) is 1.76. The number of hydrogen-bond acceptors (Lipinski definition) is 4. The van der Waals surface area contributed by atoms with Crippen LogP contribution in [-0.4, -0.2) is 34.1 Å². The molecule has 0 saturated carbocycles. The van der Waals surface area contributed by atoms with Crippen LogP contribution in [0, 0.1) is 0 Å². The van der Waals surface area contributed by atoms with Gasteiger partial charge in [-0.3, -0.25) is 9.78 Å². The van der Waals surface area contributed by atoms with Crippen molar-refractivity contribution < 1.29 is 4.79 Å². The lowest BCUT2D eigenvalue weighted by molar-refractivity contribution is 0.0779. The van der Waals surface area contributed by atoms with Crippen LogP contribution in [0.4, 0.5) is 0 Å². The van der Waals surface area contributed by atoms with E-state index in [1.807, 2.05) is 18.4 Å². The molecule has 0 aliphatic rings. The number of carbonyl (C=O) groups is 1. The number of aromatic nitrogens is 2. The molecule has 98 valence electrons. The number of hydrogen-bond donors (Lipinski definition) is 0. The van der Waals surface area contributed by atoms with E-state index in [2.05, 4.69) is 22.1 Å². The van der Waals surface area contributed by atoms with E-state index in [1.165, 1.54) is 17.3 Å². The number of rotatable bonds is 4. The highest BCUT2D eigenvalue weighted by Gasteiger charge is 2.13. The lowest BCUT2D eigenvalue weighted by Gasteiger charge is -2.16. The minimum absolute atomic E-state index is 0.123. The summed E-state index contributed by atoms with van der Waals surface area (Å²) in [4.78, 5) is 22.9. The summed E-state index contributed by atoms with van der Waals surface area (Å²) >= 11 is 1.70. The zero-order valence-corrected chi connectivity index (χ0v) is 11.7. The minimum Gasteiger partial charge on any atom is -0.336 e. The predicted molar refractivity (Wildman–Crippen MR) is 76.1 cm³/mol. The van der Waals surface area contributed by atoms with E-state index in [0.717, 1.165) is 5.56 Å². The maximum atomic E-state index is 12.1. The van der Waals surface area contributed by atoms with Crippen molar-refractivity contribution in [3.8, 4) is 0 Å². The minimum atomic E-state index is -0.123. The van der Waals surface area contributed by atoms with Crippen LogP contribution in [0.1, 0.15) is 16.1 Å². The van der Waals surface area contributed by atoms with Crippen LogP contribution in [-0.2, 0) is 6.54 Å². The Morgan fingerprint density at radius 1 is 1.26 bits per heavy atom. The van der Waals surface area contributed by atoms with Crippen molar-refractivity contribution in [2.24, 2.45) is 0 Å². The Hall–Kier alpha value is -1.88. The summed E-state index contributed by atoms with van der Waals surface area (Å²) < 4.78 is 0. The van der Waals surface area contributed by atoms with Crippen LogP contribution >= 0.6 is 11.8 Å². The summed E-state index contributed by atoms with van der Waals surface area (Å²) in [6, 6.07) is 8.18. The molecule has 0 aliphatic carbocycles. The summed E-state index contributed by atoms with van der Waals surface area (Å²) in [5, 5.41) is 0. The van der Waals surface area contributed by atoms with Crippen molar-refractivity contribution >= 4 is 17.7 Å². The number of amides is 1. The van der Waals surface area contributed by atoms with E-state index in [0.29, 0.717) is 12.2 Å². The van der Waals surface area contributed by atoms with Gasteiger partial charge in [0.05, 0.1) is 6.20 Å². The smallest absolute Gasteiger partial charge is 0.274 e. The fourth-order valence-electron chi connectivity index (χ4n) is 1.68. The molecule has 0 N–H and O–H groups in total.